The summed E-state index contributed by atoms with van der Waals surface area (Å²) < 4.78 is 34.8. The maximum Gasteiger partial charge on any atom is 0.409 e. The molecule has 1 aromatic carbocycles. The van der Waals surface area contributed by atoms with Gasteiger partial charge in [0, 0.05) is 43.4 Å². The smallest absolute Gasteiger partial charge is 0.409 e. The molecular weight excluding hydrogens is 396 g/mol. The second-order valence-corrected chi connectivity index (χ2v) is 9.87. The third-order valence-electron chi connectivity index (χ3n) is 4.66. The molecule has 158 valence electrons. The number of nitrogens with zero attached hydrogens (tertiary/aromatic N) is 2. The summed E-state index contributed by atoms with van der Waals surface area (Å²) in [5, 5.41) is 0.622. The van der Waals surface area contributed by atoms with Crippen molar-refractivity contribution in [2.45, 2.75) is 19.6 Å². The van der Waals surface area contributed by atoms with Crippen LogP contribution in [0.5, 0.6) is 0 Å². The number of para-hydroxylation sites is 1. The van der Waals surface area contributed by atoms with E-state index in [1.165, 1.54) is 0 Å². The van der Waals surface area contributed by atoms with Crippen LogP contribution in [-0.4, -0.2) is 69.3 Å². The molecular formula is C20H26N2O6S. The molecule has 1 aromatic heterocycles. The van der Waals surface area contributed by atoms with Crippen LogP contribution in [0.25, 0.3) is 11.0 Å². The predicted octanol–water partition coefficient (Wildman–Crippen LogP) is 2.53. The highest BCUT2D eigenvalue weighted by Crippen LogP contribution is 2.29. The van der Waals surface area contributed by atoms with Crippen LogP contribution < -0.4 is 0 Å². The molecule has 29 heavy (non-hydrogen) atoms. The maximum atomic E-state index is 13.1. The van der Waals surface area contributed by atoms with Crippen molar-refractivity contribution >= 4 is 32.8 Å². The van der Waals surface area contributed by atoms with Crippen LogP contribution in [0, 0.1) is 5.92 Å². The summed E-state index contributed by atoms with van der Waals surface area (Å²) in [6, 6.07) is 7.00. The summed E-state index contributed by atoms with van der Waals surface area (Å²) in [5.74, 6) is -0.335. The number of carbonyl (C=O) groups is 2. The molecule has 9 heteroatoms. The van der Waals surface area contributed by atoms with Gasteiger partial charge >= 0.3 is 6.09 Å². The highest BCUT2D eigenvalue weighted by Gasteiger charge is 2.30. The Kier molecular flexibility index (Phi) is 6.16. The number of piperazine rings is 1. The van der Waals surface area contributed by atoms with Gasteiger partial charge in [-0.25, -0.2) is 13.2 Å². The fourth-order valence-corrected chi connectivity index (χ4v) is 4.05. The van der Waals surface area contributed by atoms with Crippen molar-refractivity contribution in [3.8, 4) is 0 Å². The number of benzene rings is 1. The van der Waals surface area contributed by atoms with Crippen LogP contribution in [0.3, 0.4) is 0 Å². The van der Waals surface area contributed by atoms with E-state index in [0.717, 1.165) is 6.26 Å². The first kappa shape index (κ1) is 21.2. The molecule has 2 heterocycles. The van der Waals surface area contributed by atoms with Crippen molar-refractivity contribution in [3.05, 3.63) is 35.6 Å². The van der Waals surface area contributed by atoms with Crippen molar-refractivity contribution in [1.82, 2.24) is 9.80 Å². The Morgan fingerprint density at radius 3 is 2.34 bits per heavy atom. The molecule has 3 rings (SSSR count). The van der Waals surface area contributed by atoms with Crippen molar-refractivity contribution in [2.24, 2.45) is 5.92 Å². The Hall–Kier alpha value is -2.55. The van der Waals surface area contributed by atoms with Crippen molar-refractivity contribution in [1.29, 1.82) is 0 Å². The van der Waals surface area contributed by atoms with E-state index in [0.29, 0.717) is 49.3 Å². The summed E-state index contributed by atoms with van der Waals surface area (Å²) in [5.41, 5.74) is 0.859. The fourth-order valence-electron chi connectivity index (χ4n) is 3.24. The number of sulfone groups is 1. The molecule has 0 saturated carbocycles. The Bertz CT molecular complexity index is 1000. The number of fused-ring (bicyclic) bond motifs is 1. The number of amides is 2. The first-order chi connectivity index (χ1) is 13.7. The average molecular weight is 423 g/mol. The highest BCUT2D eigenvalue weighted by atomic mass is 32.2. The van der Waals surface area contributed by atoms with Gasteiger partial charge < -0.3 is 19.0 Å². The third kappa shape index (κ3) is 5.09. The van der Waals surface area contributed by atoms with Crippen LogP contribution in [0.2, 0.25) is 0 Å². The van der Waals surface area contributed by atoms with Gasteiger partial charge in [-0.15, -0.1) is 0 Å². The van der Waals surface area contributed by atoms with Crippen molar-refractivity contribution < 1.29 is 27.2 Å². The van der Waals surface area contributed by atoms with E-state index in [9.17, 15) is 18.0 Å². The lowest BCUT2D eigenvalue weighted by Crippen LogP contribution is -2.51. The van der Waals surface area contributed by atoms with Crippen LogP contribution >= 0.6 is 0 Å². The quantitative estimate of drug-likeness (QED) is 0.735. The first-order valence-electron chi connectivity index (χ1n) is 9.55. The molecule has 0 spiro atoms. The lowest BCUT2D eigenvalue weighted by molar-refractivity contribution is 0.0515. The van der Waals surface area contributed by atoms with Crippen LogP contribution in [0.15, 0.2) is 28.7 Å². The van der Waals surface area contributed by atoms with Gasteiger partial charge in [0.1, 0.15) is 5.58 Å². The van der Waals surface area contributed by atoms with E-state index in [-0.39, 0.29) is 29.4 Å². The van der Waals surface area contributed by atoms with Gasteiger partial charge in [-0.3, -0.25) is 4.79 Å². The van der Waals surface area contributed by atoms with Crippen LogP contribution in [0.1, 0.15) is 30.0 Å². The van der Waals surface area contributed by atoms with Crippen molar-refractivity contribution in [3.63, 3.8) is 0 Å². The Morgan fingerprint density at radius 1 is 1.10 bits per heavy atom. The lowest BCUT2D eigenvalue weighted by Gasteiger charge is -2.33. The number of hydrogen-bond donors (Lipinski definition) is 0. The average Bonchev–Trinajstić information content (AvgIpc) is 3.02. The number of carbonyl (C=O) groups excluding carboxylic acids is 2. The standard InChI is InChI=1S/C20H26N2O6S/c1-14(2)12-27-20(24)22-10-8-21(9-11-22)19(23)18-16(13-29(3,25)26)15-6-4-5-7-17(15)28-18/h4-7,14H,8-13H2,1-3H3. The van der Waals surface area contributed by atoms with Gasteiger partial charge in [-0.1, -0.05) is 32.0 Å². The summed E-state index contributed by atoms with van der Waals surface area (Å²) in [6.07, 6.45) is 0.747. The molecule has 1 fully saturated rings. The molecule has 0 aliphatic carbocycles. The second-order valence-electron chi connectivity index (χ2n) is 7.73. The summed E-state index contributed by atoms with van der Waals surface area (Å²) >= 11 is 0. The van der Waals surface area contributed by atoms with Crippen LogP contribution in [0.4, 0.5) is 4.79 Å². The van der Waals surface area contributed by atoms with E-state index in [4.69, 9.17) is 9.15 Å². The van der Waals surface area contributed by atoms with E-state index in [1.54, 1.807) is 34.1 Å². The monoisotopic (exact) mass is 422 g/mol. The van der Waals surface area contributed by atoms with Gasteiger partial charge in [0.15, 0.2) is 15.6 Å². The van der Waals surface area contributed by atoms with Gasteiger partial charge in [0.2, 0.25) is 0 Å². The zero-order valence-corrected chi connectivity index (χ0v) is 17.7. The zero-order valence-electron chi connectivity index (χ0n) is 16.9. The topological polar surface area (TPSA) is 97.1 Å². The summed E-state index contributed by atoms with van der Waals surface area (Å²) in [7, 11) is -3.36. The minimum absolute atomic E-state index is 0.0486. The molecule has 0 radical (unpaired) electrons. The number of furan rings is 1. The lowest BCUT2D eigenvalue weighted by atomic mass is 10.1. The van der Waals surface area contributed by atoms with Gasteiger partial charge in [-0.05, 0) is 12.0 Å². The SMILES string of the molecule is CC(C)COC(=O)N1CCN(C(=O)c2oc3ccccc3c2CS(C)(=O)=O)CC1. The fraction of sp³-hybridized carbons (Fsp3) is 0.500. The van der Waals surface area contributed by atoms with E-state index >= 15 is 0 Å². The van der Waals surface area contributed by atoms with Gasteiger partial charge in [0.05, 0.1) is 12.4 Å². The molecule has 0 bridgehead atoms. The normalized spacial score (nSPS) is 15.2. The third-order valence-corrected chi connectivity index (χ3v) is 5.48. The highest BCUT2D eigenvalue weighted by molar-refractivity contribution is 7.89. The molecule has 2 amide bonds. The number of rotatable bonds is 5. The molecule has 0 N–H and O–H groups in total. The summed E-state index contributed by atoms with van der Waals surface area (Å²) in [4.78, 5) is 28.3. The zero-order chi connectivity index (χ0) is 21.2. The molecule has 2 aromatic rings. The molecule has 1 aliphatic rings. The molecule has 1 saturated heterocycles. The van der Waals surface area contributed by atoms with Gasteiger partial charge in [-0.2, -0.15) is 0 Å². The minimum Gasteiger partial charge on any atom is -0.451 e. The largest absolute Gasteiger partial charge is 0.451 e. The molecule has 8 nitrogen and oxygen atoms in total. The Labute approximate surface area is 170 Å². The van der Waals surface area contributed by atoms with Gasteiger partial charge in [0.25, 0.3) is 5.91 Å². The molecule has 0 unspecified atom stereocenters. The maximum absolute atomic E-state index is 13.1. The Morgan fingerprint density at radius 2 is 1.72 bits per heavy atom. The van der Waals surface area contributed by atoms with Crippen LogP contribution in [-0.2, 0) is 20.3 Å². The van der Waals surface area contributed by atoms with E-state index < -0.39 is 9.84 Å². The predicted molar refractivity (Wildman–Crippen MR) is 108 cm³/mol. The number of hydrogen-bond acceptors (Lipinski definition) is 6. The minimum atomic E-state index is -3.36. The van der Waals surface area contributed by atoms with Crippen molar-refractivity contribution in [2.75, 3.05) is 39.0 Å². The van der Waals surface area contributed by atoms with E-state index in [1.807, 2.05) is 13.8 Å². The summed E-state index contributed by atoms with van der Waals surface area (Å²) in [6.45, 7) is 5.63. The van der Waals surface area contributed by atoms with E-state index in [2.05, 4.69) is 0 Å². The number of ether oxygens (including phenoxy) is 1. The molecule has 0 atom stereocenters. The molecule has 1 aliphatic heterocycles. The Balaban J connectivity index is 1.75. The first-order valence-corrected chi connectivity index (χ1v) is 11.6. The second kappa shape index (κ2) is 8.44.